The Morgan fingerprint density at radius 2 is 1.75 bits per heavy atom. The lowest BCUT2D eigenvalue weighted by atomic mass is 9.86. The van der Waals surface area contributed by atoms with E-state index >= 15 is 0 Å². The molecule has 3 heterocycles. The lowest BCUT2D eigenvalue weighted by molar-refractivity contribution is -0.137. The highest BCUT2D eigenvalue weighted by molar-refractivity contribution is 5.48. The molecular weight excluding hydrogens is 469 g/mol. The minimum absolute atomic E-state index is 0.0875. The standard InChI is InChI=1S/C27H29F3N4O2/c28-27(29,30)20-8-11-23-19(13-20)14-22(35-16-17-4-5-17)15-24-32-33-26(34(23)24)18-6-9-21(10-7-18)36-25-3-1-2-12-31-25/h1-3,8,11-13,17-18,21-22H,4-7,9-10,14-16H2. The number of rotatable bonds is 6. The van der Waals surface area contributed by atoms with Gasteiger partial charge in [0.05, 0.1) is 17.4 Å². The van der Waals surface area contributed by atoms with E-state index in [9.17, 15) is 13.2 Å². The first kappa shape index (κ1) is 23.5. The number of hydrogen-bond donors (Lipinski definition) is 0. The predicted molar refractivity (Wildman–Crippen MR) is 126 cm³/mol. The smallest absolute Gasteiger partial charge is 0.416 e. The van der Waals surface area contributed by atoms with Gasteiger partial charge in [-0.3, -0.25) is 4.57 Å². The predicted octanol–water partition coefficient (Wildman–Crippen LogP) is 5.68. The summed E-state index contributed by atoms with van der Waals surface area (Å²) in [5, 5.41) is 9.08. The number of nitrogens with zero attached hydrogens (tertiary/aromatic N) is 4. The molecule has 2 fully saturated rings. The van der Waals surface area contributed by atoms with Gasteiger partial charge in [0.1, 0.15) is 17.8 Å². The van der Waals surface area contributed by atoms with Gasteiger partial charge < -0.3 is 9.47 Å². The van der Waals surface area contributed by atoms with Crippen LogP contribution in [0.5, 0.6) is 5.88 Å². The maximum absolute atomic E-state index is 13.5. The van der Waals surface area contributed by atoms with Gasteiger partial charge in [0.25, 0.3) is 0 Å². The highest BCUT2D eigenvalue weighted by atomic mass is 19.4. The van der Waals surface area contributed by atoms with E-state index in [0.29, 0.717) is 36.8 Å². The molecule has 1 aromatic carbocycles. The number of aromatic nitrogens is 4. The van der Waals surface area contributed by atoms with Gasteiger partial charge in [0.2, 0.25) is 5.88 Å². The van der Waals surface area contributed by atoms with E-state index in [1.807, 2.05) is 22.8 Å². The Kier molecular flexibility index (Phi) is 6.19. The molecule has 2 saturated carbocycles. The molecule has 0 amide bonds. The molecule has 0 saturated heterocycles. The molecule has 6 nitrogen and oxygen atoms in total. The third-order valence-electron chi connectivity index (χ3n) is 7.49. The molecule has 2 aromatic heterocycles. The molecule has 9 heteroatoms. The van der Waals surface area contributed by atoms with E-state index in [1.54, 1.807) is 12.3 Å². The van der Waals surface area contributed by atoms with Crippen LogP contribution >= 0.6 is 0 Å². The molecule has 0 N–H and O–H groups in total. The summed E-state index contributed by atoms with van der Waals surface area (Å²) < 4.78 is 54.8. The van der Waals surface area contributed by atoms with E-state index in [0.717, 1.165) is 61.9 Å². The van der Waals surface area contributed by atoms with Crippen molar-refractivity contribution in [2.45, 2.75) is 75.7 Å². The maximum atomic E-state index is 13.5. The van der Waals surface area contributed by atoms with Gasteiger partial charge in [-0.2, -0.15) is 13.2 Å². The van der Waals surface area contributed by atoms with Crippen LogP contribution in [0.1, 0.15) is 67.2 Å². The van der Waals surface area contributed by atoms with Crippen LogP contribution in [0, 0.1) is 5.92 Å². The van der Waals surface area contributed by atoms with Gasteiger partial charge in [0, 0.05) is 37.6 Å². The van der Waals surface area contributed by atoms with Crippen LogP contribution in [0.4, 0.5) is 13.2 Å². The van der Waals surface area contributed by atoms with Crippen LogP contribution in [0.15, 0.2) is 42.6 Å². The molecule has 1 aliphatic heterocycles. The summed E-state index contributed by atoms with van der Waals surface area (Å²) in [5.74, 6) is 2.95. The highest BCUT2D eigenvalue weighted by Crippen LogP contribution is 2.39. The van der Waals surface area contributed by atoms with Gasteiger partial charge >= 0.3 is 6.18 Å². The lowest BCUT2D eigenvalue weighted by Gasteiger charge is -2.28. The fourth-order valence-electron chi connectivity index (χ4n) is 5.35. The van der Waals surface area contributed by atoms with Crippen LogP contribution < -0.4 is 4.74 Å². The molecule has 6 rings (SSSR count). The quantitative estimate of drug-likeness (QED) is 0.438. The van der Waals surface area contributed by atoms with E-state index in [-0.39, 0.29) is 18.1 Å². The molecule has 3 aromatic rings. The molecule has 0 radical (unpaired) electrons. The second-order valence-electron chi connectivity index (χ2n) is 10.2. The van der Waals surface area contributed by atoms with E-state index in [2.05, 4.69) is 15.2 Å². The summed E-state index contributed by atoms with van der Waals surface area (Å²) in [5.41, 5.74) is 0.743. The number of halogens is 3. The molecule has 1 atom stereocenters. The van der Waals surface area contributed by atoms with Crippen LogP contribution in [-0.2, 0) is 23.8 Å². The third kappa shape index (κ3) is 4.98. The van der Waals surface area contributed by atoms with Crippen LogP contribution in [-0.4, -0.2) is 38.6 Å². The Hall–Kier alpha value is -2.94. The summed E-state index contributed by atoms with van der Waals surface area (Å²) in [6, 6.07) is 9.64. The van der Waals surface area contributed by atoms with Crippen molar-refractivity contribution < 1.29 is 22.6 Å². The number of alkyl halides is 3. The zero-order valence-electron chi connectivity index (χ0n) is 20.0. The summed E-state index contributed by atoms with van der Waals surface area (Å²) in [4.78, 5) is 4.26. The van der Waals surface area contributed by atoms with Gasteiger partial charge in [-0.15, -0.1) is 10.2 Å². The van der Waals surface area contributed by atoms with Gasteiger partial charge in [-0.05, 0) is 74.3 Å². The fourth-order valence-corrected chi connectivity index (χ4v) is 5.35. The molecule has 3 aliphatic rings. The van der Waals surface area contributed by atoms with Gasteiger partial charge in [-0.1, -0.05) is 6.07 Å². The topological polar surface area (TPSA) is 62.1 Å². The van der Waals surface area contributed by atoms with Crippen molar-refractivity contribution in [3.05, 3.63) is 65.4 Å². The number of benzene rings is 1. The Labute approximate surface area is 207 Å². The maximum Gasteiger partial charge on any atom is 0.416 e. The van der Waals surface area contributed by atoms with Crippen molar-refractivity contribution in [3.8, 4) is 11.6 Å². The number of fused-ring (bicyclic) bond motifs is 3. The van der Waals surface area contributed by atoms with Gasteiger partial charge in [-0.25, -0.2) is 4.98 Å². The third-order valence-corrected chi connectivity index (χ3v) is 7.49. The monoisotopic (exact) mass is 498 g/mol. The first-order valence-electron chi connectivity index (χ1n) is 12.8. The second kappa shape index (κ2) is 9.50. The average Bonchev–Trinajstić information content (AvgIpc) is 3.64. The summed E-state index contributed by atoms with van der Waals surface area (Å²) in [7, 11) is 0. The van der Waals surface area contributed by atoms with Crippen molar-refractivity contribution >= 4 is 0 Å². The Morgan fingerprint density at radius 3 is 2.47 bits per heavy atom. The molecule has 1 unspecified atom stereocenters. The van der Waals surface area contributed by atoms with E-state index in [4.69, 9.17) is 9.47 Å². The molecule has 0 bridgehead atoms. The second-order valence-corrected chi connectivity index (χ2v) is 10.2. The largest absolute Gasteiger partial charge is 0.474 e. The zero-order chi connectivity index (χ0) is 24.7. The minimum Gasteiger partial charge on any atom is -0.474 e. The Balaban J connectivity index is 1.26. The van der Waals surface area contributed by atoms with Crippen molar-refractivity contribution in [2.24, 2.45) is 5.92 Å². The molecular formula is C27H29F3N4O2. The molecule has 0 spiro atoms. The van der Waals surface area contributed by atoms with Crippen LogP contribution in [0.3, 0.4) is 0 Å². The van der Waals surface area contributed by atoms with Crippen LogP contribution in [0.25, 0.3) is 5.69 Å². The van der Waals surface area contributed by atoms with Gasteiger partial charge in [0.15, 0.2) is 0 Å². The summed E-state index contributed by atoms with van der Waals surface area (Å²) in [6.07, 6.45) is 3.94. The van der Waals surface area contributed by atoms with Crippen molar-refractivity contribution in [1.82, 2.24) is 19.7 Å². The summed E-state index contributed by atoms with van der Waals surface area (Å²) >= 11 is 0. The number of ether oxygens (including phenoxy) is 2. The molecule has 190 valence electrons. The highest BCUT2D eigenvalue weighted by Gasteiger charge is 2.35. The van der Waals surface area contributed by atoms with E-state index < -0.39 is 11.7 Å². The Morgan fingerprint density at radius 1 is 0.917 bits per heavy atom. The van der Waals surface area contributed by atoms with Crippen molar-refractivity contribution in [3.63, 3.8) is 0 Å². The first-order valence-corrected chi connectivity index (χ1v) is 12.8. The summed E-state index contributed by atoms with van der Waals surface area (Å²) in [6.45, 7) is 0.653. The van der Waals surface area contributed by atoms with Crippen molar-refractivity contribution in [1.29, 1.82) is 0 Å². The lowest BCUT2D eigenvalue weighted by Crippen LogP contribution is -2.25. The minimum atomic E-state index is -4.39. The molecule has 36 heavy (non-hydrogen) atoms. The van der Waals surface area contributed by atoms with Crippen molar-refractivity contribution in [2.75, 3.05) is 6.61 Å². The van der Waals surface area contributed by atoms with E-state index in [1.165, 1.54) is 6.07 Å². The number of pyridine rings is 1. The number of hydrogen-bond acceptors (Lipinski definition) is 5. The normalized spacial score (nSPS) is 24.0. The Bertz CT molecular complexity index is 1200. The molecule has 2 aliphatic carbocycles. The fraction of sp³-hybridized carbons (Fsp3) is 0.519. The SMILES string of the molecule is FC(F)(F)c1ccc2c(c1)CC(OCC1CC1)Cc1nnc(C3CCC(Oc4ccccn4)CC3)n1-2. The zero-order valence-corrected chi connectivity index (χ0v) is 20.0. The first-order chi connectivity index (χ1) is 17.4. The average molecular weight is 499 g/mol. The van der Waals surface area contributed by atoms with Crippen LogP contribution in [0.2, 0.25) is 0 Å².